The first-order valence-corrected chi connectivity index (χ1v) is 6.67. The van der Waals surface area contributed by atoms with Gasteiger partial charge in [0.2, 0.25) is 0 Å². The number of hydrogen-bond acceptors (Lipinski definition) is 2. The fourth-order valence-corrected chi connectivity index (χ4v) is 3.02. The zero-order valence-electron chi connectivity index (χ0n) is 10.4. The second-order valence-electron chi connectivity index (χ2n) is 5.23. The molecule has 4 rings (SSSR count). The van der Waals surface area contributed by atoms with Crippen LogP contribution in [0.1, 0.15) is 12.8 Å². The summed E-state index contributed by atoms with van der Waals surface area (Å²) in [5.41, 5.74) is 0.788. The minimum atomic E-state index is -0.320. The van der Waals surface area contributed by atoms with Crippen LogP contribution in [0.4, 0.5) is 10.5 Å². The number of rotatable bonds is 2. The second-order valence-corrected chi connectivity index (χ2v) is 5.23. The van der Waals surface area contributed by atoms with Gasteiger partial charge in [-0.1, -0.05) is 18.2 Å². The molecule has 2 bridgehead atoms. The monoisotopic (exact) mass is 247 g/mol. The van der Waals surface area contributed by atoms with E-state index < -0.39 is 0 Å². The van der Waals surface area contributed by atoms with Gasteiger partial charge in [0.05, 0.1) is 13.1 Å². The molecule has 3 saturated heterocycles. The van der Waals surface area contributed by atoms with E-state index in [0.29, 0.717) is 5.92 Å². The molecule has 4 nitrogen and oxygen atoms in total. The van der Waals surface area contributed by atoms with E-state index in [1.165, 1.54) is 25.9 Å². The standard InChI is InChI=1S/C14H18N2O2/c17-14(15-12-4-2-1-3-5-12)18-13-10-16-8-6-11(13)7-9-16/h1-5,11,13H,6-10H2,(H,15,17)/p+1/t13-/m0/s1. The van der Waals surface area contributed by atoms with Crippen molar-refractivity contribution in [3.8, 4) is 0 Å². The maximum atomic E-state index is 11.8. The number of hydrogen-bond donors (Lipinski definition) is 2. The summed E-state index contributed by atoms with van der Waals surface area (Å²) < 4.78 is 5.56. The quantitative estimate of drug-likeness (QED) is 0.816. The molecule has 96 valence electrons. The van der Waals surface area contributed by atoms with Crippen molar-refractivity contribution in [3.63, 3.8) is 0 Å². The molecule has 0 radical (unpaired) electrons. The first-order chi connectivity index (χ1) is 8.81. The highest BCUT2D eigenvalue weighted by Gasteiger charge is 2.39. The first kappa shape index (κ1) is 11.5. The van der Waals surface area contributed by atoms with Crippen LogP contribution >= 0.6 is 0 Å². The lowest BCUT2D eigenvalue weighted by Crippen LogP contribution is -3.16. The van der Waals surface area contributed by atoms with Gasteiger partial charge in [0.15, 0.2) is 6.10 Å². The van der Waals surface area contributed by atoms with Crippen molar-refractivity contribution in [2.45, 2.75) is 18.9 Å². The molecule has 1 aromatic carbocycles. The average molecular weight is 247 g/mol. The number of piperidine rings is 3. The summed E-state index contributed by atoms with van der Waals surface area (Å²) in [5.74, 6) is 0.573. The Morgan fingerprint density at radius 3 is 2.56 bits per heavy atom. The number of benzene rings is 1. The Labute approximate surface area is 107 Å². The smallest absolute Gasteiger partial charge is 0.412 e. The Morgan fingerprint density at radius 2 is 1.94 bits per heavy atom. The van der Waals surface area contributed by atoms with Gasteiger partial charge in [-0.25, -0.2) is 4.79 Å². The Kier molecular flexibility index (Phi) is 3.19. The molecule has 0 aliphatic carbocycles. The van der Waals surface area contributed by atoms with Crippen LogP contribution in [-0.4, -0.2) is 31.8 Å². The Balaban J connectivity index is 1.55. The minimum absolute atomic E-state index is 0.103. The van der Waals surface area contributed by atoms with E-state index in [1.54, 1.807) is 4.90 Å². The van der Waals surface area contributed by atoms with Crippen LogP contribution in [0.25, 0.3) is 0 Å². The minimum Gasteiger partial charge on any atom is -0.440 e. The third-order valence-corrected chi connectivity index (χ3v) is 4.03. The molecule has 0 spiro atoms. The number of anilines is 1. The first-order valence-electron chi connectivity index (χ1n) is 6.67. The number of ether oxygens (including phenoxy) is 1. The van der Waals surface area contributed by atoms with Crippen LogP contribution in [0.5, 0.6) is 0 Å². The van der Waals surface area contributed by atoms with E-state index in [9.17, 15) is 4.79 Å². The summed E-state index contributed by atoms with van der Waals surface area (Å²) in [5, 5.41) is 2.78. The average Bonchev–Trinajstić information content (AvgIpc) is 2.41. The van der Waals surface area contributed by atoms with Gasteiger partial charge in [-0.15, -0.1) is 0 Å². The molecular formula is C14H19N2O2+. The maximum Gasteiger partial charge on any atom is 0.412 e. The molecule has 0 unspecified atom stereocenters. The van der Waals surface area contributed by atoms with Gasteiger partial charge < -0.3 is 9.64 Å². The van der Waals surface area contributed by atoms with Crippen LogP contribution in [0.2, 0.25) is 0 Å². The SMILES string of the molecule is O=C(Nc1ccccc1)O[C@H]1C[NH+]2CCC1CC2. The van der Waals surface area contributed by atoms with Crippen molar-refractivity contribution in [2.24, 2.45) is 5.92 Å². The van der Waals surface area contributed by atoms with Gasteiger partial charge in [-0.3, -0.25) is 5.32 Å². The molecule has 3 heterocycles. The van der Waals surface area contributed by atoms with Gasteiger partial charge in [-0.05, 0) is 12.1 Å². The van der Waals surface area contributed by atoms with E-state index in [2.05, 4.69) is 5.32 Å². The molecule has 1 amide bonds. The highest BCUT2D eigenvalue weighted by molar-refractivity contribution is 5.84. The van der Waals surface area contributed by atoms with E-state index in [4.69, 9.17) is 4.74 Å². The third-order valence-electron chi connectivity index (χ3n) is 4.03. The summed E-state index contributed by atoms with van der Waals surface area (Å²) in [4.78, 5) is 13.4. The summed E-state index contributed by atoms with van der Waals surface area (Å²) in [6, 6.07) is 9.45. The molecule has 3 fully saturated rings. The predicted molar refractivity (Wildman–Crippen MR) is 68.6 cm³/mol. The van der Waals surface area contributed by atoms with Gasteiger partial charge in [0.1, 0.15) is 6.54 Å². The van der Waals surface area contributed by atoms with Crippen molar-refractivity contribution in [3.05, 3.63) is 30.3 Å². The Bertz CT molecular complexity index is 413. The number of quaternary nitrogens is 1. The van der Waals surface area contributed by atoms with E-state index in [1.807, 2.05) is 30.3 Å². The van der Waals surface area contributed by atoms with Gasteiger partial charge in [0, 0.05) is 24.4 Å². The summed E-state index contributed by atoms with van der Waals surface area (Å²) in [6.07, 6.45) is 2.17. The zero-order chi connectivity index (χ0) is 12.4. The van der Waals surface area contributed by atoms with E-state index in [0.717, 1.165) is 12.2 Å². The Morgan fingerprint density at radius 1 is 1.22 bits per heavy atom. The number of fused-ring (bicyclic) bond motifs is 3. The maximum absolute atomic E-state index is 11.8. The van der Waals surface area contributed by atoms with Gasteiger partial charge >= 0.3 is 6.09 Å². The molecule has 4 heteroatoms. The van der Waals surface area contributed by atoms with Gasteiger partial charge in [-0.2, -0.15) is 0 Å². The molecule has 3 aliphatic heterocycles. The lowest BCUT2D eigenvalue weighted by molar-refractivity contribution is -0.920. The van der Waals surface area contributed by atoms with E-state index >= 15 is 0 Å². The number of carbonyl (C=O) groups is 1. The summed E-state index contributed by atoms with van der Waals surface area (Å²) in [7, 11) is 0. The van der Waals surface area contributed by atoms with E-state index in [-0.39, 0.29) is 12.2 Å². The highest BCUT2D eigenvalue weighted by atomic mass is 16.6. The largest absolute Gasteiger partial charge is 0.440 e. The number of nitrogens with one attached hydrogen (secondary N) is 2. The van der Waals surface area contributed by atoms with Crippen molar-refractivity contribution >= 4 is 11.8 Å². The molecule has 0 aromatic heterocycles. The molecule has 18 heavy (non-hydrogen) atoms. The number of amides is 1. The van der Waals surface area contributed by atoms with Crippen LogP contribution < -0.4 is 10.2 Å². The summed E-state index contributed by atoms with van der Waals surface area (Å²) in [6.45, 7) is 3.46. The molecule has 3 aliphatic rings. The molecule has 1 atom stereocenters. The fourth-order valence-electron chi connectivity index (χ4n) is 3.02. The van der Waals surface area contributed by atoms with Gasteiger partial charge in [0.25, 0.3) is 0 Å². The summed E-state index contributed by atoms with van der Waals surface area (Å²) >= 11 is 0. The van der Waals surface area contributed by atoms with Crippen molar-refractivity contribution < 1.29 is 14.4 Å². The van der Waals surface area contributed by atoms with Crippen LogP contribution in [0.3, 0.4) is 0 Å². The molecule has 1 aromatic rings. The van der Waals surface area contributed by atoms with Crippen molar-refractivity contribution in [2.75, 3.05) is 25.0 Å². The fraction of sp³-hybridized carbons (Fsp3) is 0.500. The molecular weight excluding hydrogens is 228 g/mol. The highest BCUT2D eigenvalue weighted by Crippen LogP contribution is 2.21. The van der Waals surface area contributed by atoms with Crippen molar-refractivity contribution in [1.82, 2.24) is 0 Å². The number of para-hydroxylation sites is 1. The van der Waals surface area contributed by atoms with Crippen molar-refractivity contribution in [1.29, 1.82) is 0 Å². The lowest BCUT2D eigenvalue weighted by Gasteiger charge is -2.40. The zero-order valence-corrected chi connectivity index (χ0v) is 10.4. The van der Waals surface area contributed by atoms with Crippen LogP contribution in [0, 0.1) is 5.92 Å². The van der Waals surface area contributed by atoms with Crippen LogP contribution in [-0.2, 0) is 4.74 Å². The normalized spacial score (nSPS) is 29.9. The number of carbonyl (C=O) groups excluding carboxylic acids is 1. The second kappa shape index (κ2) is 4.98. The Hall–Kier alpha value is -1.55. The topological polar surface area (TPSA) is 42.8 Å². The lowest BCUT2D eigenvalue weighted by atomic mass is 9.86. The third kappa shape index (κ3) is 2.48. The molecule has 2 N–H and O–H groups in total. The predicted octanol–water partition coefficient (Wildman–Crippen LogP) is 0.912. The molecule has 0 saturated carbocycles. The van der Waals surface area contributed by atoms with Crippen LogP contribution in [0.15, 0.2) is 30.3 Å².